The Kier molecular flexibility index (Phi) is 11.6. The number of nitrogens with one attached hydrogen (secondary N) is 2. The summed E-state index contributed by atoms with van der Waals surface area (Å²) in [4.78, 5) is 8.68. The number of hydrogen-bond acceptors (Lipinski definition) is 5. The van der Waals surface area contributed by atoms with Gasteiger partial charge in [0.1, 0.15) is 5.75 Å². The fraction of sp³-hybridized carbons (Fsp3) is 0.500. The highest BCUT2D eigenvalue weighted by Crippen LogP contribution is 2.22. The van der Waals surface area contributed by atoms with E-state index in [9.17, 15) is 0 Å². The average molecular weight is 554 g/mol. The predicted molar refractivity (Wildman–Crippen MR) is 138 cm³/mol. The van der Waals surface area contributed by atoms with Crippen molar-refractivity contribution in [2.45, 2.75) is 39.8 Å². The van der Waals surface area contributed by atoms with Gasteiger partial charge in [-0.3, -0.25) is 4.99 Å². The molecule has 1 aliphatic heterocycles. The number of benzene rings is 1. The minimum Gasteiger partial charge on any atom is -0.493 e. The molecule has 0 aliphatic carbocycles. The van der Waals surface area contributed by atoms with E-state index in [1.54, 1.807) is 13.2 Å². The van der Waals surface area contributed by atoms with E-state index >= 15 is 0 Å². The zero-order chi connectivity index (χ0) is 21.9. The van der Waals surface area contributed by atoms with Gasteiger partial charge < -0.3 is 24.8 Å². The number of nitrogens with zero attached hydrogens (tertiary/aromatic N) is 2. The van der Waals surface area contributed by atoms with Crippen LogP contribution in [0.1, 0.15) is 36.5 Å². The number of pyridine rings is 1. The third-order valence-corrected chi connectivity index (χ3v) is 5.13. The molecule has 3 rings (SSSR count). The monoisotopic (exact) mass is 554 g/mol. The van der Waals surface area contributed by atoms with Crippen LogP contribution in [0.3, 0.4) is 0 Å². The molecule has 1 fully saturated rings. The standard InChI is InChI=1S/C24H34N4O3.HI/c1-4-11-30-23-21(6-5-10-26-23)15-28-24(25-3)27-14-20-8-7-18(2)13-22(20)31-17-19-9-12-29-16-19;/h5-8,10,13,19H,4,9,11-12,14-17H2,1-3H3,(H2,25,27,28);1H. The van der Waals surface area contributed by atoms with Crippen molar-refractivity contribution in [3.05, 3.63) is 53.2 Å². The van der Waals surface area contributed by atoms with E-state index in [0.29, 0.717) is 44.1 Å². The summed E-state index contributed by atoms with van der Waals surface area (Å²) in [5.41, 5.74) is 3.28. The zero-order valence-corrected chi connectivity index (χ0v) is 21.6. The molecule has 0 bridgehead atoms. The maximum absolute atomic E-state index is 6.15. The fourth-order valence-corrected chi connectivity index (χ4v) is 3.33. The Hall–Kier alpha value is -2.07. The highest BCUT2D eigenvalue weighted by atomic mass is 127. The lowest BCUT2D eigenvalue weighted by Crippen LogP contribution is -2.36. The third kappa shape index (κ3) is 8.12. The van der Waals surface area contributed by atoms with Crippen LogP contribution in [0.5, 0.6) is 11.6 Å². The Morgan fingerprint density at radius 3 is 2.72 bits per heavy atom. The van der Waals surface area contributed by atoms with Crippen molar-refractivity contribution in [3.8, 4) is 11.6 Å². The Morgan fingerprint density at radius 2 is 2.00 bits per heavy atom. The predicted octanol–water partition coefficient (Wildman–Crippen LogP) is 4.08. The molecule has 2 N–H and O–H groups in total. The number of rotatable bonds is 10. The van der Waals surface area contributed by atoms with Crippen LogP contribution < -0.4 is 20.1 Å². The summed E-state index contributed by atoms with van der Waals surface area (Å²) in [6.45, 7) is 8.31. The van der Waals surface area contributed by atoms with Gasteiger partial charge in [-0.2, -0.15) is 0 Å². The second-order valence-corrected chi connectivity index (χ2v) is 7.75. The molecule has 0 radical (unpaired) electrons. The Morgan fingerprint density at radius 1 is 1.19 bits per heavy atom. The van der Waals surface area contributed by atoms with Gasteiger partial charge in [0.15, 0.2) is 5.96 Å². The van der Waals surface area contributed by atoms with E-state index in [1.807, 2.05) is 12.1 Å². The molecule has 8 heteroatoms. The van der Waals surface area contributed by atoms with E-state index in [0.717, 1.165) is 42.9 Å². The second-order valence-electron chi connectivity index (χ2n) is 7.75. The first-order valence-corrected chi connectivity index (χ1v) is 11.0. The molecule has 0 amide bonds. The lowest BCUT2D eigenvalue weighted by Gasteiger charge is -2.17. The highest BCUT2D eigenvalue weighted by Gasteiger charge is 2.17. The van der Waals surface area contributed by atoms with E-state index in [4.69, 9.17) is 14.2 Å². The number of guanidine groups is 1. The Bertz CT molecular complexity index is 857. The second kappa shape index (κ2) is 14.2. The molecular weight excluding hydrogens is 519 g/mol. The minimum absolute atomic E-state index is 0. The molecule has 1 aromatic heterocycles. The lowest BCUT2D eigenvalue weighted by atomic mass is 10.1. The van der Waals surface area contributed by atoms with Gasteiger partial charge in [-0.25, -0.2) is 4.98 Å². The SMILES string of the molecule is CCCOc1ncccc1CNC(=NC)NCc1ccc(C)cc1OCC1CCOC1.I. The van der Waals surface area contributed by atoms with Crippen molar-refractivity contribution in [2.75, 3.05) is 33.5 Å². The van der Waals surface area contributed by atoms with Crippen molar-refractivity contribution in [2.24, 2.45) is 10.9 Å². The molecule has 1 saturated heterocycles. The summed E-state index contributed by atoms with van der Waals surface area (Å²) in [5.74, 6) is 2.76. The van der Waals surface area contributed by atoms with Crippen molar-refractivity contribution < 1.29 is 14.2 Å². The van der Waals surface area contributed by atoms with E-state index < -0.39 is 0 Å². The summed E-state index contributed by atoms with van der Waals surface area (Å²) in [6, 6.07) is 10.2. The third-order valence-electron chi connectivity index (χ3n) is 5.13. The molecule has 7 nitrogen and oxygen atoms in total. The van der Waals surface area contributed by atoms with Gasteiger partial charge in [-0.05, 0) is 37.5 Å². The normalized spacial score (nSPS) is 15.7. The average Bonchev–Trinajstić information content (AvgIpc) is 3.31. The maximum atomic E-state index is 6.15. The number of aryl methyl sites for hydroxylation is 1. The lowest BCUT2D eigenvalue weighted by molar-refractivity contribution is 0.166. The molecule has 1 aliphatic rings. The van der Waals surface area contributed by atoms with Crippen molar-refractivity contribution in [1.82, 2.24) is 15.6 Å². The fourth-order valence-electron chi connectivity index (χ4n) is 3.33. The van der Waals surface area contributed by atoms with E-state index in [2.05, 4.69) is 52.7 Å². The van der Waals surface area contributed by atoms with Crippen molar-refractivity contribution in [3.63, 3.8) is 0 Å². The van der Waals surface area contributed by atoms with Crippen LogP contribution in [-0.4, -0.2) is 44.4 Å². The van der Waals surface area contributed by atoms with Crippen molar-refractivity contribution >= 4 is 29.9 Å². The van der Waals surface area contributed by atoms with Crippen LogP contribution in [-0.2, 0) is 17.8 Å². The molecule has 32 heavy (non-hydrogen) atoms. The summed E-state index contributed by atoms with van der Waals surface area (Å²) in [5, 5.41) is 6.72. The van der Waals surface area contributed by atoms with Crippen LogP contribution in [0.4, 0.5) is 0 Å². The number of ether oxygens (including phenoxy) is 3. The molecule has 2 heterocycles. The first-order chi connectivity index (χ1) is 15.2. The van der Waals surface area contributed by atoms with E-state index in [1.165, 1.54) is 5.56 Å². The Labute approximate surface area is 208 Å². The topological polar surface area (TPSA) is 77.0 Å². The first-order valence-electron chi connectivity index (χ1n) is 11.0. The molecule has 1 aromatic carbocycles. The molecule has 2 aromatic rings. The summed E-state index contributed by atoms with van der Waals surface area (Å²) >= 11 is 0. The van der Waals surface area contributed by atoms with Gasteiger partial charge in [-0.1, -0.05) is 25.1 Å². The quantitative estimate of drug-likeness (QED) is 0.262. The van der Waals surface area contributed by atoms with E-state index in [-0.39, 0.29) is 24.0 Å². The highest BCUT2D eigenvalue weighted by molar-refractivity contribution is 14.0. The smallest absolute Gasteiger partial charge is 0.218 e. The van der Waals surface area contributed by atoms with Gasteiger partial charge in [0, 0.05) is 50.0 Å². The van der Waals surface area contributed by atoms with Crippen LogP contribution in [0.25, 0.3) is 0 Å². The van der Waals surface area contributed by atoms with Crippen LogP contribution in [0.15, 0.2) is 41.5 Å². The zero-order valence-electron chi connectivity index (χ0n) is 19.2. The molecule has 1 atom stereocenters. The Balaban J connectivity index is 0.00000363. The first kappa shape index (κ1) is 26.2. The molecular formula is C24H35IN4O3. The summed E-state index contributed by atoms with van der Waals surface area (Å²) in [6.07, 6.45) is 3.76. The number of aromatic nitrogens is 1. The molecule has 1 unspecified atom stereocenters. The van der Waals surface area contributed by atoms with Gasteiger partial charge in [0.2, 0.25) is 5.88 Å². The maximum Gasteiger partial charge on any atom is 0.218 e. The summed E-state index contributed by atoms with van der Waals surface area (Å²) in [7, 11) is 1.76. The minimum atomic E-state index is 0. The van der Waals surface area contributed by atoms with Gasteiger partial charge in [0.05, 0.1) is 19.8 Å². The van der Waals surface area contributed by atoms with Gasteiger partial charge in [-0.15, -0.1) is 24.0 Å². The largest absolute Gasteiger partial charge is 0.493 e. The van der Waals surface area contributed by atoms with Crippen LogP contribution in [0, 0.1) is 12.8 Å². The van der Waals surface area contributed by atoms with Crippen LogP contribution in [0.2, 0.25) is 0 Å². The number of aliphatic imine (C=N–C) groups is 1. The number of hydrogen-bond donors (Lipinski definition) is 2. The molecule has 0 spiro atoms. The molecule has 176 valence electrons. The number of halogens is 1. The van der Waals surface area contributed by atoms with Crippen LogP contribution >= 0.6 is 24.0 Å². The van der Waals surface area contributed by atoms with Gasteiger partial charge in [0.25, 0.3) is 0 Å². The van der Waals surface area contributed by atoms with Crippen molar-refractivity contribution in [1.29, 1.82) is 0 Å². The van der Waals surface area contributed by atoms with Gasteiger partial charge >= 0.3 is 0 Å². The molecule has 0 saturated carbocycles. The summed E-state index contributed by atoms with van der Waals surface area (Å²) < 4.78 is 17.3.